The molecule has 0 aliphatic heterocycles. The van der Waals surface area contributed by atoms with Crippen LogP contribution in [-0.4, -0.2) is 36.0 Å². The molecule has 3 N–H and O–H groups in total. The third kappa shape index (κ3) is 7.60. The minimum absolute atomic E-state index is 0.128. The van der Waals surface area contributed by atoms with Crippen LogP contribution in [0.4, 0.5) is 0 Å². The monoisotopic (exact) mass is 241 g/mol. The van der Waals surface area contributed by atoms with Gasteiger partial charge in [-0.15, -0.1) is 0 Å². The van der Waals surface area contributed by atoms with Crippen LogP contribution in [0.3, 0.4) is 0 Å². The molecule has 0 aromatic heterocycles. The summed E-state index contributed by atoms with van der Waals surface area (Å²) in [6.45, 7) is 9.61. The van der Waals surface area contributed by atoms with Crippen LogP contribution in [0.5, 0.6) is 0 Å². The van der Waals surface area contributed by atoms with Gasteiger partial charge in [-0.3, -0.25) is 0 Å². The standard InChI is InChI=1S/C13H23NO3/c1-9(2)14-8-13(16)12(6-10(3)15)7-11(4)17-5/h6-7,9,13-16H,4,8H2,1-3,5H3/b10-6+,12-7+. The first kappa shape index (κ1) is 15.7. The molecule has 0 amide bonds. The van der Waals surface area contributed by atoms with Gasteiger partial charge in [-0.1, -0.05) is 20.4 Å². The van der Waals surface area contributed by atoms with E-state index >= 15 is 0 Å². The van der Waals surface area contributed by atoms with Crippen molar-refractivity contribution < 1.29 is 14.9 Å². The minimum atomic E-state index is -0.716. The lowest BCUT2D eigenvalue weighted by Crippen LogP contribution is -2.32. The number of methoxy groups -OCH3 is 1. The smallest absolute Gasteiger partial charge is 0.112 e. The average Bonchev–Trinajstić information content (AvgIpc) is 2.23. The van der Waals surface area contributed by atoms with E-state index in [2.05, 4.69) is 11.9 Å². The number of aliphatic hydroxyl groups is 2. The van der Waals surface area contributed by atoms with Crippen molar-refractivity contribution in [3.63, 3.8) is 0 Å². The number of hydrogen-bond donors (Lipinski definition) is 3. The predicted octanol–water partition coefficient (Wildman–Crippen LogP) is 1.89. The summed E-state index contributed by atoms with van der Waals surface area (Å²) >= 11 is 0. The Kier molecular flexibility index (Phi) is 7.34. The Morgan fingerprint density at radius 1 is 1.41 bits per heavy atom. The van der Waals surface area contributed by atoms with Crippen molar-refractivity contribution in [2.45, 2.75) is 32.9 Å². The number of rotatable bonds is 7. The van der Waals surface area contributed by atoms with Crippen molar-refractivity contribution in [2.24, 2.45) is 0 Å². The van der Waals surface area contributed by atoms with E-state index in [0.717, 1.165) is 0 Å². The van der Waals surface area contributed by atoms with Gasteiger partial charge in [-0.05, 0) is 24.6 Å². The molecule has 17 heavy (non-hydrogen) atoms. The van der Waals surface area contributed by atoms with Gasteiger partial charge in [0.15, 0.2) is 0 Å². The summed E-state index contributed by atoms with van der Waals surface area (Å²) in [5, 5.41) is 22.3. The van der Waals surface area contributed by atoms with E-state index in [-0.39, 0.29) is 11.8 Å². The van der Waals surface area contributed by atoms with Crippen LogP contribution in [-0.2, 0) is 4.74 Å². The fraction of sp³-hybridized carbons (Fsp3) is 0.538. The molecule has 0 rings (SSSR count). The number of nitrogens with one attached hydrogen (secondary N) is 1. The Labute approximate surface area is 103 Å². The average molecular weight is 241 g/mol. The lowest BCUT2D eigenvalue weighted by atomic mass is 10.1. The highest BCUT2D eigenvalue weighted by molar-refractivity contribution is 5.30. The zero-order valence-corrected chi connectivity index (χ0v) is 11.0. The summed E-state index contributed by atoms with van der Waals surface area (Å²) < 4.78 is 4.92. The zero-order valence-electron chi connectivity index (χ0n) is 11.0. The van der Waals surface area contributed by atoms with Crippen molar-refractivity contribution in [2.75, 3.05) is 13.7 Å². The fourth-order valence-electron chi connectivity index (χ4n) is 1.19. The minimum Gasteiger partial charge on any atom is -0.513 e. The fourth-order valence-corrected chi connectivity index (χ4v) is 1.19. The molecule has 0 fully saturated rings. The highest BCUT2D eigenvalue weighted by Crippen LogP contribution is 2.10. The van der Waals surface area contributed by atoms with Crippen molar-refractivity contribution in [1.29, 1.82) is 0 Å². The number of ether oxygens (including phenoxy) is 1. The molecule has 4 heteroatoms. The Balaban J connectivity index is 4.74. The van der Waals surface area contributed by atoms with Gasteiger partial charge in [-0.25, -0.2) is 0 Å². The molecule has 0 bridgehead atoms. The summed E-state index contributed by atoms with van der Waals surface area (Å²) in [5.74, 6) is 0.560. The largest absolute Gasteiger partial charge is 0.513 e. The molecule has 0 radical (unpaired) electrons. The van der Waals surface area contributed by atoms with Crippen LogP contribution in [0.2, 0.25) is 0 Å². The van der Waals surface area contributed by atoms with Gasteiger partial charge in [0.2, 0.25) is 0 Å². The molecule has 0 spiro atoms. The van der Waals surface area contributed by atoms with Crippen molar-refractivity contribution >= 4 is 0 Å². The van der Waals surface area contributed by atoms with E-state index in [9.17, 15) is 10.2 Å². The molecule has 1 unspecified atom stereocenters. The first-order chi connectivity index (χ1) is 7.86. The molecule has 0 saturated carbocycles. The van der Waals surface area contributed by atoms with Gasteiger partial charge in [0.05, 0.1) is 19.0 Å². The number of aliphatic hydroxyl groups excluding tert-OH is 2. The van der Waals surface area contributed by atoms with Crippen LogP contribution in [0.15, 0.2) is 35.8 Å². The lowest BCUT2D eigenvalue weighted by molar-refractivity contribution is 0.205. The molecule has 4 nitrogen and oxygen atoms in total. The molecule has 0 heterocycles. The summed E-state index contributed by atoms with van der Waals surface area (Å²) in [4.78, 5) is 0. The molecular weight excluding hydrogens is 218 g/mol. The summed E-state index contributed by atoms with van der Waals surface area (Å²) in [6.07, 6.45) is 2.38. The van der Waals surface area contributed by atoms with Gasteiger partial charge < -0.3 is 20.3 Å². The van der Waals surface area contributed by atoms with E-state index in [0.29, 0.717) is 17.9 Å². The zero-order chi connectivity index (χ0) is 13.4. The summed E-state index contributed by atoms with van der Waals surface area (Å²) in [6, 6.07) is 0.288. The topological polar surface area (TPSA) is 61.7 Å². The van der Waals surface area contributed by atoms with E-state index in [1.165, 1.54) is 13.2 Å². The van der Waals surface area contributed by atoms with E-state index in [1.807, 2.05) is 13.8 Å². The maximum absolute atomic E-state index is 9.97. The Hall–Kier alpha value is -1.26. The normalized spacial score (nSPS) is 14.9. The third-order valence-corrected chi connectivity index (χ3v) is 2.07. The van der Waals surface area contributed by atoms with Crippen LogP contribution < -0.4 is 5.32 Å². The molecule has 1 atom stereocenters. The lowest BCUT2D eigenvalue weighted by Gasteiger charge is -2.16. The van der Waals surface area contributed by atoms with Crippen LogP contribution in [0, 0.1) is 0 Å². The maximum atomic E-state index is 9.97. The van der Waals surface area contributed by atoms with Gasteiger partial charge in [0, 0.05) is 12.6 Å². The van der Waals surface area contributed by atoms with E-state index in [4.69, 9.17) is 4.74 Å². The molecule has 0 aromatic carbocycles. The Morgan fingerprint density at radius 2 is 2.00 bits per heavy atom. The summed E-state index contributed by atoms with van der Waals surface area (Å²) in [7, 11) is 1.50. The maximum Gasteiger partial charge on any atom is 0.112 e. The predicted molar refractivity (Wildman–Crippen MR) is 69.8 cm³/mol. The van der Waals surface area contributed by atoms with Crippen LogP contribution >= 0.6 is 0 Å². The number of hydrogen-bond acceptors (Lipinski definition) is 4. The summed E-state index contributed by atoms with van der Waals surface area (Å²) in [5.41, 5.74) is 0.560. The highest BCUT2D eigenvalue weighted by Gasteiger charge is 2.10. The van der Waals surface area contributed by atoms with Crippen molar-refractivity contribution in [3.8, 4) is 0 Å². The van der Waals surface area contributed by atoms with Gasteiger partial charge >= 0.3 is 0 Å². The third-order valence-electron chi connectivity index (χ3n) is 2.07. The molecule has 0 aromatic rings. The quantitative estimate of drug-likeness (QED) is 0.470. The first-order valence-electron chi connectivity index (χ1n) is 5.60. The first-order valence-corrected chi connectivity index (χ1v) is 5.60. The Bertz CT molecular complexity index is 302. The second-order valence-electron chi connectivity index (χ2n) is 4.18. The van der Waals surface area contributed by atoms with E-state index in [1.54, 1.807) is 13.0 Å². The van der Waals surface area contributed by atoms with Gasteiger partial charge in [0.1, 0.15) is 5.76 Å². The number of allylic oxidation sites excluding steroid dienone is 2. The van der Waals surface area contributed by atoms with Crippen molar-refractivity contribution in [1.82, 2.24) is 5.32 Å². The SMILES string of the molecule is C=C(/C=C(\C=C(/C)O)C(O)CNC(C)C)OC. The van der Waals surface area contributed by atoms with Crippen LogP contribution in [0.25, 0.3) is 0 Å². The molecule has 98 valence electrons. The van der Waals surface area contributed by atoms with Gasteiger partial charge in [-0.2, -0.15) is 0 Å². The second-order valence-corrected chi connectivity index (χ2v) is 4.18. The highest BCUT2D eigenvalue weighted by atomic mass is 16.5. The second kappa shape index (κ2) is 7.92. The van der Waals surface area contributed by atoms with Crippen molar-refractivity contribution in [3.05, 3.63) is 35.8 Å². The van der Waals surface area contributed by atoms with Crippen LogP contribution in [0.1, 0.15) is 20.8 Å². The molecule has 0 aliphatic carbocycles. The Morgan fingerprint density at radius 3 is 2.41 bits per heavy atom. The van der Waals surface area contributed by atoms with E-state index < -0.39 is 6.10 Å². The van der Waals surface area contributed by atoms with Gasteiger partial charge in [0.25, 0.3) is 0 Å². The molecule has 0 aliphatic rings. The molecule has 0 saturated heterocycles. The molecular formula is C13H23NO3.